The summed E-state index contributed by atoms with van der Waals surface area (Å²) in [4.78, 5) is 0.777. The molecular formula is C19H18N4Na2O2S2. The molecule has 0 heterocycles. The molecule has 0 spiro atoms. The summed E-state index contributed by atoms with van der Waals surface area (Å²) in [5.74, 6) is -1.29. The number of rotatable bonds is 6. The van der Waals surface area contributed by atoms with Gasteiger partial charge in [-0.2, -0.15) is 10.2 Å². The quantitative estimate of drug-likeness (QED) is 0.151. The molecule has 0 unspecified atom stereocenters. The smallest absolute Gasteiger partial charge is 0.860 e. The Hall–Kier alpha value is -0.840. The molecule has 2 aromatic carbocycles. The number of hydrazone groups is 2. The van der Waals surface area contributed by atoms with Crippen molar-refractivity contribution >= 4 is 57.6 Å². The Morgan fingerprint density at radius 3 is 1.31 bits per heavy atom. The molecule has 0 amide bonds. The van der Waals surface area contributed by atoms with E-state index in [0.29, 0.717) is 21.4 Å². The van der Waals surface area contributed by atoms with E-state index in [9.17, 15) is 10.2 Å². The molecular weight excluding hydrogens is 426 g/mol. The van der Waals surface area contributed by atoms with Gasteiger partial charge in [-0.3, -0.25) is 0 Å². The predicted octanol–water partition coefficient (Wildman–Crippen LogP) is -3.56. The first kappa shape index (κ1) is 28.2. The number of nitrogens with zero attached hydrogens (tertiary/aromatic N) is 4. The first-order valence-corrected chi connectivity index (χ1v) is 8.90. The van der Waals surface area contributed by atoms with Crippen LogP contribution >= 0.6 is 24.4 Å². The molecule has 2 aromatic rings. The summed E-state index contributed by atoms with van der Waals surface area (Å²) >= 11 is 10.3. The largest absolute Gasteiger partial charge is 1.00 e. The minimum absolute atomic E-state index is 0. The van der Waals surface area contributed by atoms with Gasteiger partial charge in [0.15, 0.2) is 0 Å². The summed E-state index contributed by atoms with van der Waals surface area (Å²) in [5.41, 5.74) is 1.28. The summed E-state index contributed by atoms with van der Waals surface area (Å²) in [6.45, 7) is 3.30. The third-order valence-corrected chi connectivity index (χ3v) is 3.67. The van der Waals surface area contributed by atoms with Crippen LogP contribution in [0.15, 0.2) is 70.9 Å². The fourth-order valence-corrected chi connectivity index (χ4v) is 2.47. The Morgan fingerprint density at radius 2 is 1.03 bits per heavy atom. The SMILES string of the molecule is CC(=S)N(/N=C(\[O-])C/C([O-])=N/N(C(C)=S)c1ccccc1)c1ccccc1.[Na+].[Na+]. The van der Waals surface area contributed by atoms with E-state index in [4.69, 9.17) is 24.4 Å². The van der Waals surface area contributed by atoms with Crippen molar-refractivity contribution in [3.63, 3.8) is 0 Å². The summed E-state index contributed by atoms with van der Waals surface area (Å²) < 4.78 is 0. The number of benzene rings is 2. The fourth-order valence-electron chi connectivity index (χ4n) is 2.18. The van der Waals surface area contributed by atoms with E-state index >= 15 is 0 Å². The minimum Gasteiger partial charge on any atom is -0.860 e. The molecule has 0 aliphatic carbocycles. The topological polar surface area (TPSA) is 77.3 Å². The first-order chi connectivity index (χ1) is 12.9. The molecule has 0 saturated heterocycles. The maximum atomic E-state index is 12.2. The number of anilines is 2. The zero-order valence-electron chi connectivity index (χ0n) is 16.9. The van der Waals surface area contributed by atoms with Crippen molar-refractivity contribution in [3.8, 4) is 0 Å². The molecule has 0 bridgehead atoms. The van der Waals surface area contributed by atoms with Crippen LogP contribution in [0.1, 0.15) is 20.3 Å². The summed E-state index contributed by atoms with van der Waals surface area (Å²) in [7, 11) is 0. The normalized spacial score (nSPS) is 11.0. The van der Waals surface area contributed by atoms with Crippen LogP contribution in [-0.2, 0) is 0 Å². The third-order valence-electron chi connectivity index (χ3n) is 3.32. The van der Waals surface area contributed by atoms with Crippen LogP contribution in [0, 0.1) is 0 Å². The molecule has 6 nitrogen and oxygen atoms in total. The molecule has 10 heteroatoms. The summed E-state index contributed by atoms with van der Waals surface area (Å²) in [6.07, 6.45) is -0.488. The standard InChI is InChI=1S/C19H20N4O2S2.2Na/c1-14(26)22(16-9-5-3-6-10-16)20-18(24)13-19(25)21-23(15(2)27)17-11-7-4-8-12-17;;/h3-12H,13H2,1-2H3,(H,20,24)(H,21,25);;/q;2*+1/p-2. The Balaban J connectivity index is 0.00000392. The van der Waals surface area contributed by atoms with E-state index in [-0.39, 0.29) is 59.1 Å². The molecule has 0 atom stereocenters. The second kappa shape index (κ2) is 14.2. The van der Waals surface area contributed by atoms with Crippen molar-refractivity contribution in [2.75, 3.05) is 10.0 Å². The van der Waals surface area contributed by atoms with Crippen LogP contribution in [0.3, 0.4) is 0 Å². The predicted molar refractivity (Wildman–Crippen MR) is 114 cm³/mol. The van der Waals surface area contributed by atoms with Crippen molar-refractivity contribution in [1.29, 1.82) is 0 Å². The maximum absolute atomic E-state index is 12.2. The second-order valence-corrected chi connectivity index (χ2v) is 6.68. The molecule has 140 valence electrons. The number of hydrogen-bond acceptors (Lipinski definition) is 6. The molecule has 29 heavy (non-hydrogen) atoms. The minimum atomic E-state index is -0.646. The van der Waals surface area contributed by atoms with E-state index < -0.39 is 18.2 Å². The average molecular weight is 444 g/mol. The van der Waals surface area contributed by atoms with Gasteiger partial charge in [0, 0.05) is 6.42 Å². The molecule has 0 aliphatic rings. The van der Waals surface area contributed by atoms with Gasteiger partial charge in [-0.1, -0.05) is 60.8 Å². The zero-order chi connectivity index (χ0) is 19.8. The van der Waals surface area contributed by atoms with Crippen molar-refractivity contribution in [2.24, 2.45) is 10.2 Å². The number of thiocarbonyl (C=S) groups is 2. The van der Waals surface area contributed by atoms with E-state index in [1.54, 1.807) is 62.4 Å². The van der Waals surface area contributed by atoms with Crippen molar-refractivity contribution < 1.29 is 69.3 Å². The maximum Gasteiger partial charge on any atom is 1.00 e. The van der Waals surface area contributed by atoms with Crippen LogP contribution in [-0.4, -0.2) is 21.8 Å². The Kier molecular flexibility index (Phi) is 13.8. The zero-order valence-corrected chi connectivity index (χ0v) is 22.5. The molecule has 0 radical (unpaired) electrons. The van der Waals surface area contributed by atoms with Gasteiger partial charge in [0.25, 0.3) is 0 Å². The van der Waals surface area contributed by atoms with Gasteiger partial charge in [0.1, 0.15) is 9.98 Å². The molecule has 0 saturated carbocycles. The van der Waals surface area contributed by atoms with E-state index in [1.165, 1.54) is 10.0 Å². The van der Waals surface area contributed by atoms with Crippen molar-refractivity contribution in [1.82, 2.24) is 0 Å². The monoisotopic (exact) mass is 444 g/mol. The van der Waals surface area contributed by atoms with Crippen LogP contribution < -0.4 is 79.3 Å². The van der Waals surface area contributed by atoms with Gasteiger partial charge >= 0.3 is 59.1 Å². The van der Waals surface area contributed by atoms with Gasteiger partial charge in [0.05, 0.1) is 11.4 Å². The molecule has 0 fully saturated rings. The van der Waals surface area contributed by atoms with Crippen LogP contribution in [0.25, 0.3) is 0 Å². The number of para-hydroxylation sites is 2. The van der Waals surface area contributed by atoms with Gasteiger partial charge in [-0.25, -0.2) is 10.0 Å². The summed E-state index contributed by atoms with van der Waals surface area (Å²) in [5, 5.41) is 35.0. The van der Waals surface area contributed by atoms with E-state index in [2.05, 4.69) is 10.2 Å². The van der Waals surface area contributed by atoms with Crippen molar-refractivity contribution in [2.45, 2.75) is 20.3 Å². The van der Waals surface area contributed by atoms with Crippen molar-refractivity contribution in [3.05, 3.63) is 60.7 Å². The van der Waals surface area contributed by atoms with E-state index in [0.717, 1.165) is 0 Å². The third kappa shape index (κ3) is 9.23. The summed E-state index contributed by atoms with van der Waals surface area (Å²) in [6, 6.07) is 18.0. The average Bonchev–Trinajstić information content (AvgIpc) is 2.65. The van der Waals surface area contributed by atoms with Crippen LogP contribution in [0.4, 0.5) is 11.4 Å². The molecule has 0 aromatic heterocycles. The molecule has 0 aliphatic heterocycles. The molecule has 0 N–H and O–H groups in total. The fraction of sp³-hybridized carbons (Fsp3) is 0.158. The Labute approximate surface area is 225 Å². The Bertz CT molecular complexity index is 794. The van der Waals surface area contributed by atoms with Gasteiger partial charge in [-0.15, -0.1) is 0 Å². The Morgan fingerprint density at radius 1 is 0.724 bits per heavy atom. The van der Waals surface area contributed by atoms with Crippen LogP contribution in [0.2, 0.25) is 0 Å². The van der Waals surface area contributed by atoms with Gasteiger partial charge in [0.2, 0.25) is 0 Å². The second-order valence-electron chi connectivity index (χ2n) is 5.50. The van der Waals surface area contributed by atoms with Crippen LogP contribution in [0.5, 0.6) is 0 Å². The first-order valence-electron chi connectivity index (χ1n) is 8.09. The van der Waals surface area contributed by atoms with Gasteiger partial charge < -0.3 is 10.2 Å². The molecule has 2 rings (SSSR count). The van der Waals surface area contributed by atoms with E-state index in [1.807, 2.05) is 12.1 Å². The van der Waals surface area contributed by atoms with Gasteiger partial charge in [-0.05, 0) is 49.9 Å². The number of hydrogen-bond donors (Lipinski definition) is 0.